The first-order valence-corrected chi connectivity index (χ1v) is 5.85. The number of rotatable bonds is 3. The number of hydrogen-bond acceptors (Lipinski definition) is 2. The fraction of sp³-hybridized carbons (Fsp3) is 0.333. The van der Waals surface area contributed by atoms with Crippen molar-refractivity contribution in [1.29, 1.82) is 0 Å². The van der Waals surface area contributed by atoms with E-state index in [4.69, 9.17) is 0 Å². The van der Waals surface area contributed by atoms with Gasteiger partial charge in [0, 0.05) is 23.2 Å². The standard InChI is InChI=1S/C12H15NS/c1-9(2)7-13-11-8-14-12-6-4-3-5-10(11)12/h3-6,11,13H,1,7-8H2,2H3. The molecule has 0 spiro atoms. The normalized spacial score (nSPS) is 19.4. The first-order chi connectivity index (χ1) is 6.77. The molecule has 1 unspecified atom stereocenters. The Balaban J connectivity index is 2.07. The SMILES string of the molecule is C=C(C)CNC1CSc2ccccc21. The molecule has 0 bridgehead atoms. The Labute approximate surface area is 89.6 Å². The van der Waals surface area contributed by atoms with Crippen LogP contribution in [0.5, 0.6) is 0 Å². The van der Waals surface area contributed by atoms with Crippen molar-refractivity contribution in [2.45, 2.75) is 17.9 Å². The van der Waals surface area contributed by atoms with Crippen molar-refractivity contribution in [3.63, 3.8) is 0 Å². The molecule has 74 valence electrons. The van der Waals surface area contributed by atoms with E-state index in [0.29, 0.717) is 6.04 Å². The minimum Gasteiger partial charge on any atom is -0.305 e. The highest BCUT2D eigenvalue weighted by atomic mass is 32.2. The zero-order valence-electron chi connectivity index (χ0n) is 8.42. The summed E-state index contributed by atoms with van der Waals surface area (Å²) < 4.78 is 0. The summed E-state index contributed by atoms with van der Waals surface area (Å²) in [5.74, 6) is 1.15. The highest BCUT2D eigenvalue weighted by Gasteiger charge is 2.21. The lowest BCUT2D eigenvalue weighted by molar-refractivity contribution is 0.617. The van der Waals surface area contributed by atoms with Gasteiger partial charge in [0.25, 0.3) is 0 Å². The van der Waals surface area contributed by atoms with Crippen molar-refractivity contribution in [1.82, 2.24) is 5.32 Å². The van der Waals surface area contributed by atoms with Gasteiger partial charge in [0.1, 0.15) is 0 Å². The number of nitrogens with one attached hydrogen (secondary N) is 1. The van der Waals surface area contributed by atoms with Crippen molar-refractivity contribution >= 4 is 11.8 Å². The summed E-state index contributed by atoms with van der Waals surface area (Å²) in [7, 11) is 0. The molecule has 0 saturated carbocycles. The molecule has 2 heteroatoms. The molecule has 0 radical (unpaired) electrons. The van der Waals surface area contributed by atoms with Crippen LogP contribution in [0.3, 0.4) is 0 Å². The van der Waals surface area contributed by atoms with E-state index >= 15 is 0 Å². The van der Waals surface area contributed by atoms with Crippen LogP contribution in [0.2, 0.25) is 0 Å². The molecule has 0 saturated heterocycles. The molecule has 1 heterocycles. The van der Waals surface area contributed by atoms with Gasteiger partial charge in [-0.05, 0) is 18.6 Å². The maximum absolute atomic E-state index is 3.90. The van der Waals surface area contributed by atoms with Crippen LogP contribution in [0.25, 0.3) is 0 Å². The van der Waals surface area contributed by atoms with Crippen LogP contribution in [0.15, 0.2) is 41.3 Å². The maximum Gasteiger partial charge on any atom is 0.0429 e. The Hall–Kier alpha value is -0.730. The van der Waals surface area contributed by atoms with E-state index in [1.54, 1.807) is 0 Å². The Bertz CT molecular complexity index is 346. The van der Waals surface area contributed by atoms with Crippen molar-refractivity contribution < 1.29 is 0 Å². The Morgan fingerprint density at radius 1 is 1.57 bits per heavy atom. The van der Waals surface area contributed by atoms with Gasteiger partial charge in [-0.2, -0.15) is 0 Å². The Morgan fingerprint density at radius 3 is 3.14 bits per heavy atom. The number of hydrogen-bond donors (Lipinski definition) is 1. The molecule has 1 aliphatic rings. The molecule has 0 aromatic heterocycles. The van der Waals surface area contributed by atoms with Crippen molar-refractivity contribution in [2.75, 3.05) is 12.3 Å². The summed E-state index contributed by atoms with van der Waals surface area (Å²) in [6.45, 7) is 6.88. The lowest BCUT2D eigenvalue weighted by Crippen LogP contribution is -2.22. The third-order valence-corrected chi connectivity index (χ3v) is 3.53. The topological polar surface area (TPSA) is 12.0 Å². The van der Waals surface area contributed by atoms with Gasteiger partial charge in [-0.3, -0.25) is 0 Å². The molecule has 0 aliphatic carbocycles. The van der Waals surface area contributed by atoms with E-state index in [0.717, 1.165) is 12.3 Å². The van der Waals surface area contributed by atoms with Crippen LogP contribution >= 0.6 is 11.8 Å². The average molecular weight is 205 g/mol. The fourth-order valence-electron chi connectivity index (χ4n) is 1.63. The van der Waals surface area contributed by atoms with Crippen molar-refractivity contribution in [3.05, 3.63) is 42.0 Å². The number of fused-ring (bicyclic) bond motifs is 1. The molecule has 1 atom stereocenters. The molecule has 1 aliphatic heterocycles. The summed E-state index contributed by atoms with van der Waals surface area (Å²) in [5.41, 5.74) is 2.64. The van der Waals surface area contributed by atoms with Gasteiger partial charge in [-0.1, -0.05) is 30.4 Å². The quantitative estimate of drug-likeness (QED) is 0.761. The monoisotopic (exact) mass is 205 g/mol. The zero-order valence-corrected chi connectivity index (χ0v) is 9.23. The van der Waals surface area contributed by atoms with Gasteiger partial charge >= 0.3 is 0 Å². The predicted molar refractivity (Wildman–Crippen MR) is 62.7 cm³/mol. The van der Waals surface area contributed by atoms with Gasteiger partial charge in [0.15, 0.2) is 0 Å². The molecule has 1 nitrogen and oxygen atoms in total. The molecular formula is C12H15NS. The third-order valence-electron chi connectivity index (χ3n) is 2.35. The second-order valence-electron chi connectivity index (χ2n) is 3.74. The minimum atomic E-state index is 0.507. The lowest BCUT2D eigenvalue weighted by Gasteiger charge is -2.12. The molecule has 1 aromatic carbocycles. The van der Waals surface area contributed by atoms with Crippen LogP contribution < -0.4 is 5.32 Å². The van der Waals surface area contributed by atoms with Gasteiger partial charge in [0.05, 0.1) is 0 Å². The fourth-order valence-corrected chi connectivity index (χ4v) is 2.82. The summed E-state index contributed by atoms with van der Waals surface area (Å²) >= 11 is 1.94. The minimum absolute atomic E-state index is 0.507. The largest absolute Gasteiger partial charge is 0.305 e. The van der Waals surface area contributed by atoms with Crippen LogP contribution in [0.4, 0.5) is 0 Å². The second-order valence-corrected chi connectivity index (χ2v) is 4.80. The van der Waals surface area contributed by atoms with E-state index in [1.807, 2.05) is 11.8 Å². The Morgan fingerprint density at radius 2 is 2.36 bits per heavy atom. The maximum atomic E-state index is 3.90. The number of benzene rings is 1. The van der Waals surface area contributed by atoms with Crippen molar-refractivity contribution in [2.24, 2.45) is 0 Å². The van der Waals surface area contributed by atoms with Crippen LogP contribution in [-0.4, -0.2) is 12.3 Å². The van der Waals surface area contributed by atoms with Gasteiger partial charge in [0.2, 0.25) is 0 Å². The molecule has 0 amide bonds. The lowest BCUT2D eigenvalue weighted by atomic mass is 10.1. The highest BCUT2D eigenvalue weighted by molar-refractivity contribution is 7.99. The highest BCUT2D eigenvalue weighted by Crippen LogP contribution is 2.37. The van der Waals surface area contributed by atoms with Crippen LogP contribution in [0.1, 0.15) is 18.5 Å². The zero-order chi connectivity index (χ0) is 9.97. The third kappa shape index (κ3) is 2.02. The molecule has 2 rings (SSSR count). The van der Waals surface area contributed by atoms with Crippen LogP contribution in [-0.2, 0) is 0 Å². The van der Waals surface area contributed by atoms with E-state index in [9.17, 15) is 0 Å². The first-order valence-electron chi connectivity index (χ1n) is 4.87. The average Bonchev–Trinajstić information content (AvgIpc) is 2.58. The molecule has 14 heavy (non-hydrogen) atoms. The first kappa shape index (κ1) is 9.81. The summed E-state index contributed by atoms with van der Waals surface area (Å²) in [5, 5.41) is 3.52. The summed E-state index contributed by atoms with van der Waals surface area (Å²) in [6.07, 6.45) is 0. The van der Waals surface area contributed by atoms with E-state index in [-0.39, 0.29) is 0 Å². The predicted octanol–water partition coefficient (Wildman–Crippen LogP) is 3.00. The molecule has 0 fully saturated rings. The van der Waals surface area contributed by atoms with E-state index in [2.05, 4.69) is 43.1 Å². The second kappa shape index (κ2) is 4.20. The van der Waals surface area contributed by atoms with Crippen LogP contribution in [0, 0.1) is 0 Å². The van der Waals surface area contributed by atoms with Gasteiger partial charge < -0.3 is 5.32 Å². The van der Waals surface area contributed by atoms with Gasteiger partial charge in [-0.15, -0.1) is 11.8 Å². The molecule has 1 aromatic rings. The summed E-state index contributed by atoms with van der Waals surface area (Å²) in [4.78, 5) is 1.42. The summed E-state index contributed by atoms with van der Waals surface area (Å²) in [6, 6.07) is 9.13. The van der Waals surface area contributed by atoms with E-state index < -0.39 is 0 Å². The molecule has 1 N–H and O–H groups in total. The van der Waals surface area contributed by atoms with E-state index in [1.165, 1.54) is 16.0 Å². The Kier molecular flexibility index (Phi) is 2.94. The smallest absolute Gasteiger partial charge is 0.0429 e. The van der Waals surface area contributed by atoms with Crippen molar-refractivity contribution in [3.8, 4) is 0 Å². The van der Waals surface area contributed by atoms with Gasteiger partial charge in [-0.25, -0.2) is 0 Å². The number of thioether (sulfide) groups is 1. The molecular weight excluding hydrogens is 190 g/mol.